The van der Waals surface area contributed by atoms with Crippen LogP contribution in [0.25, 0.3) is 0 Å². The van der Waals surface area contributed by atoms with Gasteiger partial charge in [-0.1, -0.05) is 35.5 Å². The van der Waals surface area contributed by atoms with E-state index >= 15 is 0 Å². The van der Waals surface area contributed by atoms with Crippen LogP contribution in [-0.4, -0.2) is 28.8 Å². The van der Waals surface area contributed by atoms with Crippen LogP contribution in [0.4, 0.5) is 11.4 Å². The number of thioether (sulfide) groups is 1. The van der Waals surface area contributed by atoms with Gasteiger partial charge in [-0.2, -0.15) is 0 Å². The highest BCUT2D eigenvalue weighted by molar-refractivity contribution is 8.15. The number of fused-ring (bicyclic) bond motifs is 1. The molecule has 0 fully saturated rings. The van der Waals surface area contributed by atoms with Gasteiger partial charge in [0, 0.05) is 5.69 Å². The largest absolute Gasteiger partial charge is 0.325 e. The Morgan fingerprint density at radius 3 is 2.68 bits per heavy atom. The van der Waals surface area contributed by atoms with Gasteiger partial charge in [-0.25, -0.2) is 0 Å². The van der Waals surface area contributed by atoms with E-state index in [1.54, 1.807) is 4.90 Å². The lowest BCUT2D eigenvalue weighted by molar-refractivity contribution is -0.116. The predicted molar refractivity (Wildman–Crippen MR) is 115 cm³/mol. The van der Waals surface area contributed by atoms with Crippen molar-refractivity contribution >= 4 is 40.1 Å². The molecule has 0 saturated heterocycles. The molecule has 0 spiro atoms. The van der Waals surface area contributed by atoms with Gasteiger partial charge in [-0.05, 0) is 68.5 Å². The first-order valence-electron chi connectivity index (χ1n) is 9.54. The minimum absolute atomic E-state index is 0.0717. The number of rotatable bonds is 4. The number of aliphatic imine (C=N–C) groups is 1. The van der Waals surface area contributed by atoms with E-state index in [0.717, 1.165) is 29.8 Å². The molecule has 0 saturated carbocycles. The van der Waals surface area contributed by atoms with Gasteiger partial charge < -0.3 is 5.32 Å². The molecular formula is C22H23N3O2S. The van der Waals surface area contributed by atoms with Crippen LogP contribution in [0.1, 0.15) is 30.0 Å². The molecule has 6 heteroatoms. The van der Waals surface area contributed by atoms with Crippen LogP contribution in [0.3, 0.4) is 0 Å². The first-order chi connectivity index (χ1) is 13.5. The van der Waals surface area contributed by atoms with Gasteiger partial charge in [-0.15, -0.1) is 0 Å². The SMILES string of the molecule is Cc1ccc(N2C(=O)CN=C2S[C@H](C)C(=O)Nc2ccc3c(c2)CCC3)cc1. The maximum absolute atomic E-state index is 12.7. The van der Waals surface area contributed by atoms with Crippen LogP contribution >= 0.6 is 11.8 Å². The molecule has 144 valence electrons. The van der Waals surface area contributed by atoms with Crippen molar-refractivity contribution in [1.82, 2.24) is 0 Å². The number of hydrogen-bond acceptors (Lipinski definition) is 4. The maximum atomic E-state index is 12.7. The Morgan fingerprint density at radius 1 is 1.14 bits per heavy atom. The summed E-state index contributed by atoms with van der Waals surface area (Å²) in [5, 5.41) is 3.21. The molecule has 2 aromatic carbocycles. The van der Waals surface area contributed by atoms with E-state index in [1.807, 2.05) is 44.2 Å². The second-order valence-electron chi connectivity index (χ2n) is 7.25. The number of carbonyl (C=O) groups is 2. The van der Waals surface area contributed by atoms with E-state index in [0.29, 0.717) is 5.17 Å². The van der Waals surface area contributed by atoms with Gasteiger partial charge >= 0.3 is 0 Å². The number of nitrogens with one attached hydrogen (secondary N) is 1. The predicted octanol–water partition coefficient (Wildman–Crippen LogP) is 3.95. The normalized spacial score (nSPS) is 16.7. The highest BCUT2D eigenvalue weighted by Crippen LogP contribution is 2.28. The molecular weight excluding hydrogens is 370 g/mol. The van der Waals surface area contributed by atoms with E-state index in [1.165, 1.54) is 29.3 Å². The highest BCUT2D eigenvalue weighted by Gasteiger charge is 2.30. The summed E-state index contributed by atoms with van der Waals surface area (Å²) in [4.78, 5) is 30.9. The zero-order valence-electron chi connectivity index (χ0n) is 16.1. The molecule has 5 nitrogen and oxygen atoms in total. The molecule has 2 amide bonds. The lowest BCUT2D eigenvalue weighted by Gasteiger charge is -2.20. The van der Waals surface area contributed by atoms with Crippen LogP contribution in [0, 0.1) is 6.92 Å². The van der Waals surface area contributed by atoms with Crippen molar-refractivity contribution in [1.29, 1.82) is 0 Å². The number of benzene rings is 2. The Morgan fingerprint density at radius 2 is 1.89 bits per heavy atom. The number of aryl methyl sites for hydroxylation is 3. The zero-order chi connectivity index (χ0) is 19.7. The number of amides is 2. The van der Waals surface area contributed by atoms with Crippen molar-refractivity contribution in [3.05, 3.63) is 59.2 Å². The van der Waals surface area contributed by atoms with Crippen LogP contribution < -0.4 is 10.2 Å². The van der Waals surface area contributed by atoms with Crippen LogP contribution in [0.15, 0.2) is 47.5 Å². The van der Waals surface area contributed by atoms with Gasteiger partial charge in [-0.3, -0.25) is 19.5 Å². The fourth-order valence-electron chi connectivity index (χ4n) is 3.53. The topological polar surface area (TPSA) is 61.8 Å². The third-order valence-electron chi connectivity index (χ3n) is 5.10. The fraction of sp³-hybridized carbons (Fsp3) is 0.318. The summed E-state index contributed by atoms with van der Waals surface area (Å²) in [6.45, 7) is 3.96. The Bertz CT molecular complexity index is 953. The van der Waals surface area contributed by atoms with Crippen LogP contribution in [0.2, 0.25) is 0 Å². The van der Waals surface area contributed by atoms with Gasteiger partial charge in [0.05, 0.1) is 10.9 Å². The van der Waals surface area contributed by atoms with E-state index in [-0.39, 0.29) is 23.6 Å². The minimum atomic E-state index is -0.370. The second-order valence-corrected chi connectivity index (χ2v) is 8.56. The van der Waals surface area contributed by atoms with Crippen molar-refractivity contribution < 1.29 is 9.59 Å². The molecule has 1 heterocycles. The molecule has 28 heavy (non-hydrogen) atoms. The van der Waals surface area contributed by atoms with E-state index in [9.17, 15) is 9.59 Å². The van der Waals surface area contributed by atoms with Crippen molar-refractivity contribution in [3.63, 3.8) is 0 Å². The minimum Gasteiger partial charge on any atom is -0.325 e. The molecule has 1 aliphatic carbocycles. The lowest BCUT2D eigenvalue weighted by atomic mass is 10.1. The molecule has 0 radical (unpaired) electrons. The Hall–Kier alpha value is -2.60. The molecule has 2 aromatic rings. The Balaban J connectivity index is 1.43. The van der Waals surface area contributed by atoms with Crippen molar-refractivity contribution in [3.8, 4) is 0 Å². The molecule has 0 aromatic heterocycles. The summed E-state index contributed by atoms with van der Waals surface area (Å²) >= 11 is 1.31. The van der Waals surface area contributed by atoms with Gasteiger partial charge in [0.1, 0.15) is 6.54 Å². The summed E-state index contributed by atoms with van der Waals surface area (Å²) in [7, 11) is 0. The number of hydrogen-bond donors (Lipinski definition) is 1. The lowest BCUT2D eigenvalue weighted by Crippen LogP contribution is -2.33. The number of nitrogens with zero attached hydrogens (tertiary/aromatic N) is 2. The summed E-state index contributed by atoms with van der Waals surface area (Å²) in [5.41, 5.74) is 5.45. The quantitative estimate of drug-likeness (QED) is 0.856. The maximum Gasteiger partial charge on any atom is 0.254 e. The average Bonchev–Trinajstić information content (AvgIpc) is 3.29. The summed E-state index contributed by atoms with van der Waals surface area (Å²) < 4.78 is 0. The van der Waals surface area contributed by atoms with Crippen LogP contribution in [0.5, 0.6) is 0 Å². The average molecular weight is 394 g/mol. The number of carbonyl (C=O) groups excluding carboxylic acids is 2. The molecule has 4 rings (SSSR count). The standard InChI is InChI=1S/C22H23N3O2S/c1-14-6-10-19(11-7-14)25-20(26)13-23-22(25)28-15(2)21(27)24-18-9-8-16-4-3-5-17(16)12-18/h6-12,15H,3-5,13H2,1-2H3,(H,24,27)/t15-/m1/s1. The molecule has 0 bridgehead atoms. The van der Waals surface area contributed by atoms with E-state index in [2.05, 4.69) is 22.4 Å². The number of amidine groups is 1. The third-order valence-corrected chi connectivity index (χ3v) is 6.19. The Kier molecular flexibility index (Phi) is 5.22. The summed E-state index contributed by atoms with van der Waals surface area (Å²) in [6, 6.07) is 13.9. The van der Waals surface area contributed by atoms with Gasteiger partial charge in [0.15, 0.2) is 5.17 Å². The van der Waals surface area contributed by atoms with Crippen molar-refractivity contribution in [2.45, 2.75) is 38.4 Å². The molecule has 1 aliphatic heterocycles. The first-order valence-corrected chi connectivity index (χ1v) is 10.4. The smallest absolute Gasteiger partial charge is 0.254 e. The molecule has 2 aliphatic rings. The zero-order valence-corrected chi connectivity index (χ0v) is 16.9. The van der Waals surface area contributed by atoms with E-state index in [4.69, 9.17) is 0 Å². The highest BCUT2D eigenvalue weighted by atomic mass is 32.2. The molecule has 0 unspecified atom stereocenters. The van der Waals surface area contributed by atoms with Crippen molar-refractivity contribution in [2.24, 2.45) is 4.99 Å². The molecule has 1 atom stereocenters. The summed E-state index contributed by atoms with van der Waals surface area (Å²) in [5.74, 6) is -0.161. The van der Waals surface area contributed by atoms with E-state index < -0.39 is 0 Å². The monoisotopic (exact) mass is 393 g/mol. The Labute approximate surface area is 169 Å². The molecule has 1 N–H and O–H groups in total. The van der Waals surface area contributed by atoms with Gasteiger partial charge in [0.25, 0.3) is 5.91 Å². The van der Waals surface area contributed by atoms with Crippen LogP contribution in [-0.2, 0) is 22.4 Å². The first kappa shape index (κ1) is 18.7. The third kappa shape index (κ3) is 3.83. The summed E-state index contributed by atoms with van der Waals surface area (Å²) in [6.07, 6.45) is 3.38. The second kappa shape index (κ2) is 7.80. The number of anilines is 2. The van der Waals surface area contributed by atoms with Gasteiger partial charge in [0.2, 0.25) is 5.91 Å². The fourth-order valence-corrected chi connectivity index (χ4v) is 4.46. The van der Waals surface area contributed by atoms with Crippen molar-refractivity contribution in [2.75, 3.05) is 16.8 Å².